The van der Waals surface area contributed by atoms with Gasteiger partial charge in [0.25, 0.3) is 0 Å². The van der Waals surface area contributed by atoms with Gasteiger partial charge in [0.15, 0.2) is 0 Å². The van der Waals surface area contributed by atoms with Crippen molar-refractivity contribution in [2.45, 2.75) is 85.9 Å². The van der Waals surface area contributed by atoms with E-state index in [-0.39, 0.29) is 17.6 Å². The second-order valence-corrected chi connectivity index (χ2v) is 8.24. The van der Waals surface area contributed by atoms with Crippen molar-refractivity contribution >= 4 is 0 Å². The van der Waals surface area contributed by atoms with Gasteiger partial charge in [0.2, 0.25) is 0 Å². The highest BCUT2D eigenvalue weighted by molar-refractivity contribution is 5.23. The summed E-state index contributed by atoms with van der Waals surface area (Å²) in [6.07, 6.45) is 13.6. The standard InChI is InChI=1S/C21H34O/c1-15(2)18-14-20-21(5,6)12-8-11-16(3)9-7-10-17(4)13-19(18)22-20/h10-11,14-15,19-20H,7-9,12-13H2,1-6H3/b16-11+,17-10+. The average molecular weight is 303 g/mol. The van der Waals surface area contributed by atoms with Crippen molar-refractivity contribution < 1.29 is 4.74 Å². The lowest BCUT2D eigenvalue weighted by Gasteiger charge is -2.31. The topological polar surface area (TPSA) is 9.23 Å². The first kappa shape index (κ1) is 17.5. The minimum atomic E-state index is 0.206. The van der Waals surface area contributed by atoms with Gasteiger partial charge in [-0.25, -0.2) is 0 Å². The lowest BCUT2D eigenvalue weighted by atomic mass is 9.81. The Morgan fingerprint density at radius 3 is 2.45 bits per heavy atom. The van der Waals surface area contributed by atoms with Gasteiger partial charge in [0.05, 0.1) is 12.2 Å². The molecule has 0 spiro atoms. The van der Waals surface area contributed by atoms with Gasteiger partial charge >= 0.3 is 0 Å². The fourth-order valence-corrected chi connectivity index (χ4v) is 3.57. The third kappa shape index (κ3) is 4.35. The zero-order valence-corrected chi connectivity index (χ0v) is 15.4. The van der Waals surface area contributed by atoms with Gasteiger partial charge in [0.1, 0.15) is 0 Å². The van der Waals surface area contributed by atoms with Crippen LogP contribution in [0.2, 0.25) is 0 Å². The SMILES string of the molecule is C/C1=C\CCC(C)(C)C2C=C(C(C)C)C(C/C(C)=C/CC1)O2. The van der Waals surface area contributed by atoms with E-state index in [0.717, 1.165) is 19.3 Å². The Morgan fingerprint density at radius 1 is 1.09 bits per heavy atom. The van der Waals surface area contributed by atoms with Crippen LogP contribution in [0.1, 0.15) is 73.6 Å². The van der Waals surface area contributed by atoms with Crippen LogP contribution >= 0.6 is 0 Å². The maximum atomic E-state index is 6.51. The van der Waals surface area contributed by atoms with Gasteiger partial charge in [-0.1, -0.05) is 57.1 Å². The summed E-state index contributed by atoms with van der Waals surface area (Å²) in [4.78, 5) is 0. The second kappa shape index (κ2) is 7.17. The molecule has 0 fully saturated rings. The molecule has 2 aliphatic heterocycles. The highest BCUT2D eigenvalue weighted by Crippen LogP contribution is 2.40. The van der Waals surface area contributed by atoms with E-state index < -0.39 is 0 Å². The molecule has 0 aromatic carbocycles. The van der Waals surface area contributed by atoms with Gasteiger partial charge < -0.3 is 4.74 Å². The molecule has 2 rings (SSSR count). The number of hydrogen-bond acceptors (Lipinski definition) is 1. The first-order valence-corrected chi connectivity index (χ1v) is 8.98. The van der Waals surface area contributed by atoms with E-state index in [0.29, 0.717) is 5.92 Å². The summed E-state index contributed by atoms with van der Waals surface area (Å²) in [6, 6.07) is 0. The molecular weight excluding hydrogens is 268 g/mol. The number of fused-ring (bicyclic) bond motifs is 2. The van der Waals surface area contributed by atoms with Crippen molar-refractivity contribution in [2.24, 2.45) is 11.3 Å². The molecule has 22 heavy (non-hydrogen) atoms. The number of ether oxygens (including phenoxy) is 1. The largest absolute Gasteiger partial charge is 0.366 e. The van der Waals surface area contributed by atoms with E-state index in [1.165, 1.54) is 29.6 Å². The molecule has 1 heteroatoms. The molecule has 2 unspecified atom stereocenters. The molecule has 0 amide bonds. The van der Waals surface area contributed by atoms with Crippen molar-refractivity contribution in [3.05, 3.63) is 34.9 Å². The van der Waals surface area contributed by atoms with E-state index in [1.54, 1.807) is 0 Å². The molecule has 2 heterocycles. The highest BCUT2D eigenvalue weighted by Gasteiger charge is 2.37. The number of allylic oxidation sites excluding steroid dienone is 3. The molecule has 0 aromatic heterocycles. The number of rotatable bonds is 1. The fraction of sp³-hybridized carbons (Fsp3) is 0.714. The van der Waals surface area contributed by atoms with Crippen molar-refractivity contribution in [1.29, 1.82) is 0 Å². The van der Waals surface area contributed by atoms with E-state index >= 15 is 0 Å². The van der Waals surface area contributed by atoms with Crippen molar-refractivity contribution in [3.8, 4) is 0 Å². The predicted octanol–water partition coefficient (Wildman–Crippen LogP) is 6.22. The maximum Gasteiger partial charge on any atom is 0.0833 e. The van der Waals surface area contributed by atoms with E-state index in [1.807, 2.05) is 0 Å². The highest BCUT2D eigenvalue weighted by atomic mass is 16.5. The first-order chi connectivity index (χ1) is 10.3. The van der Waals surface area contributed by atoms with Crippen LogP contribution < -0.4 is 0 Å². The summed E-state index contributed by atoms with van der Waals surface area (Å²) in [5.41, 5.74) is 4.72. The Kier molecular flexibility index (Phi) is 5.71. The summed E-state index contributed by atoms with van der Waals surface area (Å²) in [6.45, 7) is 13.9. The minimum absolute atomic E-state index is 0.206. The van der Waals surface area contributed by atoms with Crippen molar-refractivity contribution in [1.82, 2.24) is 0 Å². The van der Waals surface area contributed by atoms with Gasteiger partial charge in [0, 0.05) is 0 Å². The van der Waals surface area contributed by atoms with Crippen LogP contribution in [-0.2, 0) is 4.74 Å². The summed E-state index contributed by atoms with van der Waals surface area (Å²) in [7, 11) is 0. The molecular formula is C21H34O. The van der Waals surface area contributed by atoms with Crippen LogP contribution in [0.3, 0.4) is 0 Å². The molecule has 0 radical (unpaired) electrons. The Bertz CT molecular complexity index is 476. The van der Waals surface area contributed by atoms with E-state index in [4.69, 9.17) is 4.74 Å². The summed E-state index contributed by atoms with van der Waals surface area (Å²) >= 11 is 0. The summed E-state index contributed by atoms with van der Waals surface area (Å²) in [5, 5.41) is 0. The van der Waals surface area contributed by atoms with Crippen LogP contribution in [0.15, 0.2) is 34.9 Å². The summed E-state index contributed by atoms with van der Waals surface area (Å²) in [5.74, 6) is 0.577. The molecule has 0 saturated heterocycles. The number of hydrogen-bond donors (Lipinski definition) is 0. The van der Waals surface area contributed by atoms with Crippen LogP contribution in [-0.4, -0.2) is 12.2 Å². The third-order valence-corrected chi connectivity index (χ3v) is 5.28. The summed E-state index contributed by atoms with van der Waals surface area (Å²) < 4.78 is 6.51. The first-order valence-electron chi connectivity index (χ1n) is 8.98. The Hall–Kier alpha value is -0.820. The molecule has 1 nitrogen and oxygen atoms in total. The molecule has 2 aliphatic rings. The zero-order valence-electron chi connectivity index (χ0n) is 15.4. The molecule has 2 atom stereocenters. The van der Waals surface area contributed by atoms with Crippen molar-refractivity contribution in [3.63, 3.8) is 0 Å². The van der Waals surface area contributed by atoms with Gasteiger partial charge in [-0.15, -0.1) is 0 Å². The second-order valence-electron chi connectivity index (χ2n) is 8.24. The minimum Gasteiger partial charge on any atom is -0.366 e. The monoisotopic (exact) mass is 302 g/mol. The maximum absolute atomic E-state index is 6.51. The smallest absolute Gasteiger partial charge is 0.0833 e. The zero-order chi connectivity index (χ0) is 16.3. The van der Waals surface area contributed by atoms with Crippen LogP contribution in [0, 0.1) is 11.3 Å². The van der Waals surface area contributed by atoms with Gasteiger partial charge in [-0.3, -0.25) is 0 Å². The fourth-order valence-electron chi connectivity index (χ4n) is 3.57. The quantitative estimate of drug-likeness (QED) is 0.522. The molecule has 0 aromatic rings. The van der Waals surface area contributed by atoms with Crippen LogP contribution in [0.5, 0.6) is 0 Å². The van der Waals surface area contributed by atoms with Crippen LogP contribution in [0.25, 0.3) is 0 Å². The van der Waals surface area contributed by atoms with Crippen molar-refractivity contribution in [2.75, 3.05) is 0 Å². The van der Waals surface area contributed by atoms with Gasteiger partial charge in [-0.2, -0.15) is 0 Å². The molecule has 0 N–H and O–H groups in total. The molecule has 0 aliphatic carbocycles. The average Bonchev–Trinajstić information content (AvgIpc) is 2.82. The molecule has 0 saturated carbocycles. The molecule has 2 bridgehead atoms. The Labute approximate surface area is 137 Å². The lowest BCUT2D eigenvalue weighted by molar-refractivity contribution is -0.0146. The third-order valence-electron chi connectivity index (χ3n) is 5.28. The van der Waals surface area contributed by atoms with Gasteiger partial charge in [-0.05, 0) is 62.9 Å². The van der Waals surface area contributed by atoms with Crippen LogP contribution in [0.4, 0.5) is 0 Å². The molecule has 124 valence electrons. The van der Waals surface area contributed by atoms with E-state index in [2.05, 4.69) is 59.8 Å². The normalized spacial score (nSPS) is 34.6. The Morgan fingerprint density at radius 2 is 1.77 bits per heavy atom. The lowest BCUT2D eigenvalue weighted by Crippen LogP contribution is -2.30. The Balaban J connectivity index is 2.27. The predicted molar refractivity (Wildman–Crippen MR) is 96.0 cm³/mol. The van der Waals surface area contributed by atoms with E-state index in [9.17, 15) is 0 Å².